The number of alkyl halides is 4. The fourth-order valence-electron chi connectivity index (χ4n) is 1.39. The Balaban J connectivity index is 2.84. The summed E-state index contributed by atoms with van der Waals surface area (Å²) in [5, 5.41) is 0. The van der Waals surface area contributed by atoms with Crippen molar-refractivity contribution >= 4 is 23.6 Å². The Labute approximate surface area is 130 Å². The van der Waals surface area contributed by atoms with Gasteiger partial charge in [-0.1, -0.05) is 12.1 Å². The molecule has 0 aliphatic rings. The summed E-state index contributed by atoms with van der Waals surface area (Å²) >= 11 is 5.48. The molecule has 0 aromatic heterocycles. The van der Waals surface area contributed by atoms with Crippen LogP contribution in [0.2, 0.25) is 0 Å². The molecule has 0 heterocycles. The molecule has 0 spiro atoms. The molecule has 8 heteroatoms. The normalized spacial score (nSPS) is 12.0. The van der Waals surface area contributed by atoms with Gasteiger partial charge in [-0.05, 0) is 23.8 Å². The van der Waals surface area contributed by atoms with Crippen molar-refractivity contribution in [3.05, 3.63) is 35.6 Å². The molecule has 0 bridgehead atoms. The van der Waals surface area contributed by atoms with Crippen molar-refractivity contribution in [3.63, 3.8) is 0 Å². The quantitative estimate of drug-likeness (QED) is 0.331. The van der Waals surface area contributed by atoms with Gasteiger partial charge in [0.1, 0.15) is 12.4 Å². The smallest absolute Gasteiger partial charge is 0.422 e. The van der Waals surface area contributed by atoms with E-state index in [0.717, 1.165) is 13.2 Å². The van der Waals surface area contributed by atoms with Gasteiger partial charge in [-0.3, -0.25) is 0 Å². The van der Waals surface area contributed by atoms with Gasteiger partial charge in [0.25, 0.3) is 0 Å². The number of esters is 1. The van der Waals surface area contributed by atoms with Crippen molar-refractivity contribution in [2.45, 2.75) is 6.18 Å². The van der Waals surface area contributed by atoms with E-state index in [-0.39, 0.29) is 0 Å². The molecule has 1 aromatic carbocycles. The van der Waals surface area contributed by atoms with Crippen LogP contribution in [0.25, 0.3) is 6.08 Å². The minimum atomic E-state index is -4.55. The summed E-state index contributed by atoms with van der Waals surface area (Å²) < 4.78 is 50.6. The van der Waals surface area contributed by atoms with Crippen molar-refractivity contribution in [3.8, 4) is 5.75 Å². The SMILES string of the molecule is COC(=O)C(=Cc1ccc(OCCCl)cc1)OCC(F)(F)F. The molecule has 0 N–H and O–H groups in total. The van der Waals surface area contributed by atoms with Crippen LogP contribution in [0.1, 0.15) is 5.56 Å². The summed E-state index contributed by atoms with van der Waals surface area (Å²) in [4.78, 5) is 11.4. The zero-order valence-corrected chi connectivity index (χ0v) is 12.4. The second-order valence-electron chi connectivity index (χ2n) is 4.01. The predicted molar refractivity (Wildman–Crippen MR) is 74.7 cm³/mol. The predicted octanol–water partition coefficient (Wildman–Crippen LogP) is 3.40. The molecule has 0 saturated heterocycles. The molecule has 0 aliphatic carbocycles. The molecule has 0 amide bonds. The van der Waals surface area contributed by atoms with Crippen LogP contribution >= 0.6 is 11.6 Å². The summed E-state index contributed by atoms with van der Waals surface area (Å²) in [7, 11) is 1.05. The summed E-state index contributed by atoms with van der Waals surface area (Å²) in [6, 6.07) is 6.31. The van der Waals surface area contributed by atoms with E-state index in [9.17, 15) is 18.0 Å². The van der Waals surface area contributed by atoms with Crippen LogP contribution in [0.5, 0.6) is 5.75 Å². The molecule has 0 unspecified atom stereocenters. The van der Waals surface area contributed by atoms with Gasteiger partial charge >= 0.3 is 12.1 Å². The number of carbonyl (C=O) groups excluding carboxylic acids is 1. The summed E-state index contributed by atoms with van der Waals surface area (Å²) in [6.45, 7) is -1.25. The number of methoxy groups -OCH3 is 1. The molecule has 0 atom stereocenters. The second-order valence-corrected chi connectivity index (χ2v) is 4.39. The van der Waals surface area contributed by atoms with Crippen LogP contribution < -0.4 is 4.74 Å². The first-order valence-electron chi connectivity index (χ1n) is 6.14. The van der Waals surface area contributed by atoms with Gasteiger partial charge in [0.2, 0.25) is 5.76 Å². The van der Waals surface area contributed by atoms with E-state index in [1.54, 1.807) is 24.3 Å². The van der Waals surface area contributed by atoms with Crippen LogP contribution in [0.3, 0.4) is 0 Å². The van der Waals surface area contributed by atoms with Crippen LogP contribution in [0.4, 0.5) is 13.2 Å². The number of carbonyl (C=O) groups is 1. The lowest BCUT2D eigenvalue weighted by atomic mass is 10.2. The van der Waals surface area contributed by atoms with Crippen LogP contribution in [0.15, 0.2) is 30.0 Å². The Kier molecular flexibility index (Phi) is 7.04. The summed E-state index contributed by atoms with van der Waals surface area (Å²) in [6.07, 6.45) is -3.39. The van der Waals surface area contributed by atoms with E-state index in [1.807, 2.05) is 0 Å². The van der Waals surface area contributed by atoms with Crippen molar-refractivity contribution in [1.82, 2.24) is 0 Å². The molecule has 0 fully saturated rings. The topological polar surface area (TPSA) is 44.8 Å². The molecule has 22 heavy (non-hydrogen) atoms. The van der Waals surface area contributed by atoms with E-state index in [1.165, 1.54) is 0 Å². The Bertz CT molecular complexity index is 512. The Morgan fingerprint density at radius 3 is 2.41 bits per heavy atom. The molecule has 4 nitrogen and oxygen atoms in total. The highest BCUT2D eigenvalue weighted by molar-refractivity contribution is 6.18. The summed E-state index contributed by atoms with van der Waals surface area (Å²) in [5.74, 6) is -0.644. The molecule has 122 valence electrons. The molecule has 1 aromatic rings. The highest BCUT2D eigenvalue weighted by atomic mass is 35.5. The lowest BCUT2D eigenvalue weighted by molar-refractivity contribution is -0.169. The lowest BCUT2D eigenvalue weighted by Gasteiger charge is -2.11. The second kappa shape index (κ2) is 8.53. The van der Waals surface area contributed by atoms with E-state index in [0.29, 0.717) is 23.8 Å². The van der Waals surface area contributed by atoms with Crippen LogP contribution in [-0.2, 0) is 14.3 Å². The molecule has 1 rings (SSSR count). The number of benzene rings is 1. The van der Waals surface area contributed by atoms with Gasteiger partial charge in [-0.15, -0.1) is 11.6 Å². The van der Waals surface area contributed by atoms with Gasteiger partial charge in [0.15, 0.2) is 6.61 Å². The maximum absolute atomic E-state index is 12.2. The van der Waals surface area contributed by atoms with Gasteiger partial charge in [0.05, 0.1) is 13.0 Å². The third-order valence-corrected chi connectivity index (χ3v) is 2.46. The number of rotatable bonds is 7. The monoisotopic (exact) mass is 338 g/mol. The maximum Gasteiger partial charge on any atom is 0.422 e. The summed E-state index contributed by atoms with van der Waals surface area (Å²) in [5.41, 5.74) is 0.459. The first kappa shape index (κ1) is 18.2. The Morgan fingerprint density at radius 2 is 1.91 bits per heavy atom. The van der Waals surface area contributed by atoms with E-state index in [4.69, 9.17) is 16.3 Å². The van der Waals surface area contributed by atoms with Gasteiger partial charge in [-0.2, -0.15) is 13.2 Å². The molecular formula is C14H14ClF3O4. The van der Waals surface area contributed by atoms with Crippen LogP contribution in [0, 0.1) is 0 Å². The standard InChI is InChI=1S/C14H14ClF3O4/c1-20-13(19)12(22-9-14(16,17)18)8-10-2-4-11(5-3-10)21-7-6-15/h2-5,8H,6-7,9H2,1H3. The third kappa shape index (κ3) is 6.71. The first-order valence-corrected chi connectivity index (χ1v) is 6.67. The number of hydrogen-bond acceptors (Lipinski definition) is 4. The Hall–Kier alpha value is -1.89. The molecule has 0 saturated carbocycles. The minimum Gasteiger partial charge on any atom is -0.492 e. The number of hydrogen-bond donors (Lipinski definition) is 0. The van der Waals surface area contributed by atoms with E-state index >= 15 is 0 Å². The fourth-order valence-corrected chi connectivity index (χ4v) is 1.46. The zero-order chi connectivity index (χ0) is 16.6. The lowest BCUT2D eigenvalue weighted by Crippen LogP contribution is -2.19. The average molecular weight is 339 g/mol. The molecule has 0 radical (unpaired) electrons. The van der Waals surface area contributed by atoms with Gasteiger partial charge in [-0.25, -0.2) is 4.79 Å². The molecule has 0 aliphatic heterocycles. The highest BCUT2D eigenvalue weighted by Crippen LogP contribution is 2.19. The van der Waals surface area contributed by atoms with Crippen molar-refractivity contribution in [1.29, 1.82) is 0 Å². The Morgan fingerprint density at radius 1 is 1.27 bits per heavy atom. The first-order chi connectivity index (χ1) is 10.4. The van der Waals surface area contributed by atoms with E-state index in [2.05, 4.69) is 9.47 Å². The van der Waals surface area contributed by atoms with Crippen LogP contribution in [-0.4, -0.2) is 38.3 Å². The minimum absolute atomic E-state index is 0.332. The highest BCUT2D eigenvalue weighted by Gasteiger charge is 2.30. The number of ether oxygens (including phenoxy) is 3. The average Bonchev–Trinajstić information content (AvgIpc) is 2.48. The van der Waals surface area contributed by atoms with E-state index < -0.39 is 24.5 Å². The molecular weight excluding hydrogens is 325 g/mol. The number of halogens is 4. The fraction of sp³-hybridized carbons (Fsp3) is 0.357. The van der Waals surface area contributed by atoms with Crippen molar-refractivity contribution in [2.24, 2.45) is 0 Å². The van der Waals surface area contributed by atoms with Crippen molar-refractivity contribution < 1.29 is 32.2 Å². The van der Waals surface area contributed by atoms with Gasteiger partial charge in [0, 0.05) is 0 Å². The third-order valence-electron chi connectivity index (χ3n) is 2.30. The maximum atomic E-state index is 12.2. The van der Waals surface area contributed by atoms with Crippen molar-refractivity contribution in [2.75, 3.05) is 26.2 Å². The van der Waals surface area contributed by atoms with Gasteiger partial charge < -0.3 is 14.2 Å². The largest absolute Gasteiger partial charge is 0.492 e. The zero-order valence-electron chi connectivity index (χ0n) is 11.7.